The van der Waals surface area contributed by atoms with Crippen molar-refractivity contribution in [2.45, 2.75) is 34.6 Å². The van der Waals surface area contributed by atoms with Gasteiger partial charge < -0.3 is 0 Å². The van der Waals surface area contributed by atoms with E-state index >= 15 is 0 Å². The smallest absolute Gasteiger partial charge is 0.0146 e. The first-order valence-corrected chi connectivity index (χ1v) is 7.07. The molecule has 0 unspecified atom stereocenters. The van der Waals surface area contributed by atoms with Crippen LogP contribution in [0, 0.1) is 20.8 Å². The van der Waals surface area contributed by atoms with Crippen LogP contribution in [0.4, 0.5) is 0 Å². The normalized spacial score (nSPS) is 10.4. The maximum Gasteiger partial charge on any atom is -0.0146 e. The number of benzene rings is 3. The molecule has 0 radical (unpaired) electrons. The van der Waals surface area contributed by atoms with Gasteiger partial charge in [-0.15, -0.1) is 0 Å². The van der Waals surface area contributed by atoms with Crippen LogP contribution in [0.2, 0.25) is 0 Å². The van der Waals surface area contributed by atoms with E-state index in [1.54, 1.807) is 0 Å². The van der Waals surface area contributed by atoms with Gasteiger partial charge in [-0.3, -0.25) is 0 Å². The molecular weight excluding hydrogens is 228 g/mol. The lowest BCUT2D eigenvalue weighted by Crippen LogP contribution is -1.87. The van der Waals surface area contributed by atoms with Crippen LogP contribution >= 0.6 is 0 Å². The van der Waals surface area contributed by atoms with Gasteiger partial charge in [0.15, 0.2) is 0 Å². The average Bonchev–Trinajstić information content (AvgIpc) is 2.44. The zero-order valence-corrected chi connectivity index (χ0v) is 12.5. The van der Waals surface area contributed by atoms with E-state index < -0.39 is 0 Å². The minimum Gasteiger partial charge on any atom is -0.0683 e. The fourth-order valence-corrected chi connectivity index (χ4v) is 2.69. The molecule has 3 rings (SSSR count). The molecular formula is C19H22. The number of hydrogen-bond acceptors (Lipinski definition) is 0. The van der Waals surface area contributed by atoms with Crippen LogP contribution in [0.3, 0.4) is 0 Å². The average molecular weight is 250 g/mol. The van der Waals surface area contributed by atoms with Crippen LogP contribution in [0.25, 0.3) is 21.5 Å². The van der Waals surface area contributed by atoms with Crippen LogP contribution in [0.5, 0.6) is 0 Å². The summed E-state index contributed by atoms with van der Waals surface area (Å²) in [7, 11) is 0. The Labute approximate surface area is 116 Å². The van der Waals surface area contributed by atoms with Gasteiger partial charge in [0.05, 0.1) is 0 Å². The molecule has 0 aliphatic carbocycles. The van der Waals surface area contributed by atoms with Crippen LogP contribution < -0.4 is 0 Å². The molecule has 3 aromatic carbocycles. The Morgan fingerprint density at radius 2 is 1.00 bits per heavy atom. The molecule has 0 heterocycles. The Bertz CT molecular complexity index is 661. The van der Waals surface area contributed by atoms with Gasteiger partial charge in [-0.1, -0.05) is 50.2 Å². The Morgan fingerprint density at radius 1 is 0.579 bits per heavy atom. The monoisotopic (exact) mass is 250 g/mol. The van der Waals surface area contributed by atoms with Crippen LogP contribution in [-0.2, 0) is 0 Å². The summed E-state index contributed by atoms with van der Waals surface area (Å²) < 4.78 is 0. The van der Waals surface area contributed by atoms with Gasteiger partial charge in [0.1, 0.15) is 0 Å². The first-order valence-electron chi connectivity index (χ1n) is 7.07. The second-order valence-corrected chi connectivity index (χ2v) is 4.84. The van der Waals surface area contributed by atoms with E-state index in [2.05, 4.69) is 63.2 Å². The van der Waals surface area contributed by atoms with Crippen molar-refractivity contribution in [2.75, 3.05) is 0 Å². The molecule has 0 N–H and O–H groups in total. The van der Waals surface area contributed by atoms with E-state index in [0.29, 0.717) is 0 Å². The number of aryl methyl sites for hydroxylation is 3. The van der Waals surface area contributed by atoms with Crippen LogP contribution in [0.15, 0.2) is 42.5 Å². The van der Waals surface area contributed by atoms with E-state index in [9.17, 15) is 0 Å². The van der Waals surface area contributed by atoms with Crippen molar-refractivity contribution >= 4 is 21.5 Å². The fraction of sp³-hybridized carbons (Fsp3) is 0.263. The first kappa shape index (κ1) is 13.6. The third-order valence-electron chi connectivity index (χ3n) is 3.74. The Hall–Kier alpha value is -1.82. The molecule has 0 amide bonds. The molecule has 0 spiro atoms. The molecule has 0 bridgehead atoms. The summed E-state index contributed by atoms with van der Waals surface area (Å²) in [6, 6.07) is 15.4. The second kappa shape index (κ2) is 5.44. The molecule has 0 heteroatoms. The maximum absolute atomic E-state index is 2.34. The van der Waals surface area contributed by atoms with Gasteiger partial charge in [-0.2, -0.15) is 0 Å². The van der Waals surface area contributed by atoms with Gasteiger partial charge in [0.2, 0.25) is 0 Å². The van der Waals surface area contributed by atoms with Crippen molar-refractivity contribution in [3.63, 3.8) is 0 Å². The van der Waals surface area contributed by atoms with Crippen molar-refractivity contribution in [1.82, 2.24) is 0 Å². The largest absolute Gasteiger partial charge is 0.0683 e. The minimum absolute atomic E-state index is 1.36. The third-order valence-corrected chi connectivity index (χ3v) is 3.74. The van der Waals surface area contributed by atoms with Gasteiger partial charge in [-0.25, -0.2) is 0 Å². The van der Waals surface area contributed by atoms with E-state index in [0.717, 1.165) is 0 Å². The first-order chi connectivity index (χ1) is 9.18. The fourth-order valence-electron chi connectivity index (χ4n) is 2.69. The SMILES string of the molecule is CC.Cc1cccc2c(C)c3cccc(C)c3cc12. The lowest BCUT2D eigenvalue weighted by molar-refractivity contribution is 1.48. The molecule has 0 saturated heterocycles. The molecule has 0 nitrogen and oxygen atoms in total. The second-order valence-electron chi connectivity index (χ2n) is 4.84. The Kier molecular flexibility index (Phi) is 3.90. The lowest BCUT2D eigenvalue weighted by Gasteiger charge is -2.11. The molecule has 0 saturated carbocycles. The predicted molar refractivity (Wildman–Crippen MR) is 87.0 cm³/mol. The van der Waals surface area contributed by atoms with Crippen LogP contribution in [0.1, 0.15) is 30.5 Å². The third kappa shape index (κ3) is 2.23. The number of rotatable bonds is 0. The summed E-state index contributed by atoms with van der Waals surface area (Å²) in [6.45, 7) is 10.6. The highest BCUT2D eigenvalue weighted by atomic mass is 14.1. The molecule has 3 aromatic rings. The van der Waals surface area contributed by atoms with Crippen molar-refractivity contribution < 1.29 is 0 Å². The van der Waals surface area contributed by atoms with Gasteiger partial charge in [0, 0.05) is 0 Å². The molecule has 19 heavy (non-hydrogen) atoms. The Morgan fingerprint density at radius 3 is 1.42 bits per heavy atom. The topological polar surface area (TPSA) is 0 Å². The zero-order valence-electron chi connectivity index (χ0n) is 12.5. The lowest BCUT2D eigenvalue weighted by atomic mass is 9.93. The molecule has 0 fully saturated rings. The molecule has 98 valence electrons. The van der Waals surface area contributed by atoms with E-state index in [1.165, 1.54) is 38.2 Å². The predicted octanol–water partition coefficient (Wildman–Crippen LogP) is 5.94. The van der Waals surface area contributed by atoms with Crippen molar-refractivity contribution in [3.05, 3.63) is 59.2 Å². The summed E-state index contributed by atoms with van der Waals surface area (Å²) in [5.41, 5.74) is 4.11. The van der Waals surface area contributed by atoms with Gasteiger partial charge in [-0.05, 0) is 65.1 Å². The van der Waals surface area contributed by atoms with Crippen molar-refractivity contribution in [1.29, 1.82) is 0 Å². The van der Waals surface area contributed by atoms with Gasteiger partial charge >= 0.3 is 0 Å². The summed E-state index contributed by atoms with van der Waals surface area (Å²) in [6.07, 6.45) is 0. The minimum atomic E-state index is 1.36. The van der Waals surface area contributed by atoms with Crippen molar-refractivity contribution in [3.8, 4) is 0 Å². The highest BCUT2D eigenvalue weighted by Crippen LogP contribution is 2.31. The molecule has 0 atom stereocenters. The van der Waals surface area contributed by atoms with E-state index in [4.69, 9.17) is 0 Å². The number of fused-ring (bicyclic) bond motifs is 2. The highest BCUT2D eigenvalue weighted by Gasteiger charge is 2.06. The van der Waals surface area contributed by atoms with E-state index in [1.807, 2.05) is 13.8 Å². The zero-order chi connectivity index (χ0) is 14.0. The molecule has 0 aromatic heterocycles. The van der Waals surface area contributed by atoms with Gasteiger partial charge in [0.25, 0.3) is 0 Å². The van der Waals surface area contributed by atoms with Crippen molar-refractivity contribution in [2.24, 2.45) is 0 Å². The van der Waals surface area contributed by atoms with Crippen LogP contribution in [-0.4, -0.2) is 0 Å². The number of hydrogen-bond donors (Lipinski definition) is 0. The maximum atomic E-state index is 2.34. The van der Waals surface area contributed by atoms with E-state index in [-0.39, 0.29) is 0 Å². The summed E-state index contributed by atoms with van der Waals surface area (Å²) in [5, 5.41) is 5.52. The highest BCUT2D eigenvalue weighted by molar-refractivity contribution is 6.04. The standard InChI is InChI=1S/C17H16.C2H6/c1-11-6-4-8-14-13(3)15-9-5-7-12(2)17(15)10-16(11)14;1-2/h4-10H,1-3H3;1-2H3. The summed E-state index contributed by atoms with van der Waals surface area (Å²) >= 11 is 0. The summed E-state index contributed by atoms with van der Waals surface area (Å²) in [5.74, 6) is 0. The molecule has 0 aliphatic rings. The summed E-state index contributed by atoms with van der Waals surface area (Å²) in [4.78, 5) is 0. The Balaban J connectivity index is 0.000000637. The molecule has 0 aliphatic heterocycles. The quantitative estimate of drug-likeness (QED) is 0.433.